The molecule has 146 valence electrons. The van der Waals surface area contributed by atoms with Gasteiger partial charge < -0.3 is 10.6 Å². The van der Waals surface area contributed by atoms with E-state index in [1.807, 2.05) is 0 Å². The Morgan fingerprint density at radius 1 is 0.654 bits per heavy atom. The van der Waals surface area contributed by atoms with Gasteiger partial charge >= 0.3 is 22.6 Å². The van der Waals surface area contributed by atoms with Gasteiger partial charge in [-0.05, 0) is 24.3 Å². The lowest BCUT2D eigenvalue weighted by Crippen LogP contribution is -2.46. The third-order valence-electron chi connectivity index (χ3n) is 2.68. The van der Waals surface area contributed by atoms with Crippen LogP contribution in [0.1, 0.15) is 0 Å². The number of hydrogen-bond acceptors (Lipinski definition) is 2. The lowest BCUT2D eigenvalue weighted by Gasteiger charge is -2.21. The maximum absolute atomic E-state index is 13.2. The number of carbonyl (C=O) groups is 2. The Hall–Kier alpha value is -1.82. The Kier molecular flexibility index (Phi) is 6.04. The van der Waals surface area contributed by atoms with E-state index in [-0.39, 0.29) is 0 Å². The summed E-state index contributed by atoms with van der Waals surface area (Å²) in [4.78, 5) is 22.4. The summed E-state index contributed by atoms with van der Waals surface area (Å²) in [6.45, 7) is 0. The fraction of sp³-hybridized carbons (Fsp3) is 0.333. The topological polar surface area (TPSA) is 58.2 Å². The zero-order chi connectivity index (χ0) is 20.6. The van der Waals surface area contributed by atoms with Crippen molar-refractivity contribution in [1.82, 2.24) is 0 Å². The van der Waals surface area contributed by atoms with Crippen molar-refractivity contribution in [3.8, 4) is 0 Å². The van der Waals surface area contributed by atoms with Crippen LogP contribution in [0.4, 0.5) is 46.5 Å². The van der Waals surface area contributed by atoms with Crippen LogP contribution in [0.2, 0.25) is 0 Å². The summed E-state index contributed by atoms with van der Waals surface area (Å²) >= 11 is 8.96. The summed E-state index contributed by atoms with van der Waals surface area (Å²) in [5.74, 6) is -4.55. The van der Waals surface area contributed by atoms with Crippen molar-refractivity contribution in [3.05, 3.63) is 24.3 Å². The molecule has 26 heavy (non-hydrogen) atoms. The van der Waals surface area contributed by atoms with E-state index >= 15 is 0 Å². The molecule has 0 aliphatic rings. The highest BCUT2D eigenvalue weighted by Gasteiger charge is 2.61. The van der Waals surface area contributed by atoms with Gasteiger partial charge in [0.05, 0.1) is 0 Å². The first-order valence-corrected chi connectivity index (χ1v) is 6.88. The molecule has 1 aromatic carbocycles. The standard InChI is InChI=1S/C12H6Cl2F8N2O2/c13-9(15,11(17,18)19)7(25)23-5-1-2-6(4-3-5)24-8(26)10(14,16)12(20,21)22/h1-4H,(H,23,25)(H,24,26)/t9-,10+. The fourth-order valence-electron chi connectivity index (χ4n) is 1.31. The van der Waals surface area contributed by atoms with Crippen molar-refractivity contribution in [2.75, 3.05) is 10.6 Å². The normalized spacial score (nSPS) is 17.0. The van der Waals surface area contributed by atoms with Gasteiger partial charge in [0.1, 0.15) is 0 Å². The van der Waals surface area contributed by atoms with Crippen molar-refractivity contribution in [2.45, 2.75) is 22.6 Å². The number of nitrogens with one attached hydrogen (secondary N) is 2. The Balaban J connectivity index is 2.85. The van der Waals surface area contributed by atoms with Crippen molar-refractivity contribution in [3.63, 3.8) is 0 Å². The van der Waals surface area contributed by atoms with E-state index < -0.39 is 45.8 Å². The molecule has 0 aliphatic heterocycles. The molecular weight excluding hydrogens is 427 g/mol. The lowest BCUT2D eigenvalue weighted by molar-refractivity contribution is -0.198. The van der Waals surface area contributed by atoms with Gasteiger partial charge in [-0.1, -0.05) is 23.2 Å². The molecule has 0 unspecified atom stereocenters. The molecule has 1 rings (SSSR count). The number of carbonyl (C=O) groups excluding carboxylic acids is 2. The molecule has 0 aromatic heterocycles. The lowest BCUT2D eigenvalue weighted by atomic mass is 10.2. The third kappa shape index (κ3) is 4.67. The number of hydrogen-bond donors (Lipinski definition) is 2. The zero-order valence-corrected chi connectivity index (χ0v) is 13.4. The molecular formula is C12H6Cl2F8N2O2. The number of rotatable bonds is 4. The van der Waals surface area contributed by atoms with E-state index in [0.29, 0.717) is 0 Å². The molecule has 0 spiro atoms. The second kappa shape index (κ2) is 7.06. The maximum atomic E-state index is 13.2. The molecule has 0 fully saturated rings. The molecule has 1 aromatic rings. The molecule has 0 bridgehead atoms. The maximum Gasteiger partial charge on any atom is 0.446 e. The van der Waals surface area contributed by atoms with Crippen LogP contribution in [-0.2, 0) is 9.59 Å². The van der Waals surface area contributed by atoms with Gasteiger partial charge in [0.15, 0.2) is 0 Å². The van der Waals surface area contributed by atoms with Crippen molar-refractivity contribution < 1.29 is 44.7 Å². The van der Waals surface area contributed by atoms with Crippen molar-refractivity contribution >= 4 is 46.4 Å². The minimum absolute atomic E-state index is 0.451. The number of amides is 2. The van der Waals surface area contributed by atoms with Crippen LogP contribution in [0.15, 0.2) is 24.3 Å². The van der Waals surface area contributed by atoms with E-state index in [0.717, 1.165) is 24.3 Å². The zero-order valence-electron chi connectivity index (χ0n) is 11.9. The molecule has 0 saturated heterocycles. The van der Waals surface area contributed by atoms with Crippen LogP contribution in [0.25, 0.3) is 0 Å². The van der Waals surface area contributed by atoms with E-state index in [1.54, 1.807) is 0 Å². The van der Waals surface area contributed by atoms with Crippen LogP contribution in [0, 0.1) is 0 Å². The molecule has 0 saturated carbocycles. The third-order valence-corrected chi connectivity index (χ3v) is 3.45. The highest BCUT2D eigenvalue weighted by atomic mass is 35.5. The number of alkyl halides is 10. The molecule has 0 aliphatic carbocycles. The quantitative estimate of drug-likeness (QED) is 0.543. The Labute approximate surface area is 149 Å². The number of halogens is 10. The molecule has 14 heteroatoms. The summed E-state index contributed by atoms with van der Waals surface area (Å²) in [6, 6.07) is 3.11. The average Bonchev–Trinajstić information content (AvgIpc) is 2.46. The van der Waals surface area contributed by atoms with E-state index in [1.165, 1.54) is 10.6 Å². The molecule has 0 radical (unpaired) electrons. The number of benzene rings is 1. The minimum atomic E-state index is -5.71. The van der Waals surface area contributed by atoms with E-state index in [4.69, 9.17) is 0 Å². The molecule has 2 amide bonds. The Morgan fingerprint density at radius 3 is 1.08 bits per heavy atom. The Bertz CT molecular complexity index is 627. The van der Waals surface area contributed by atoms with Crippen LogP contribution in [0.3, 0.4) is 0 Å². The van der Waals surface area contributed by atoms with Crippen LogP contribution in [0.5, 0.6) is 0 Å². The second-order valence-corrected chi connectivity index (χ2v) is 5.67. The summed E-state index contributed by atoms with van der Waals surface area (Å²) in [6.07, 6.45) is -11.4. The minimum Gasteiger partial charge on any atom is -0.322 e. The Morgan fingerprint density at radius 2 is 0.885 bits per heavy atom. The predicted octanol–water partition coefficient (Wildman–Crippen LogP) is 4.50. The summed E-state index contributed by atoms with van der Waals surface area (Å²) < 4.78 is 99.8. The first-order valence-electron chi connectivity index (χ1n) is 6.12. The first-order chi connectivity index (χ1) is 11.5. The molecule has 4 nitrogen and oxygen atoms in total. The smallest absolute Gasteiger partial charge is 0.322 e. The summed E-state index contributed by atoms with van der Waals surface area (Å²) in [5, 5.41) is -6.52. The highest BCUT2D eigenvalue weighted by Crippen LogP contribution is 2.39. The second-order valence-electron chi connectivity index (χ2n) is 4.63. The van der Waals surface area contributed by atoms with Gasteiger partial charge in [0.25, 0.3) is 11.8 Å². The highest BCUT2D eigenvalue weighted by molar-refractivity contribution is 6.36. The summed E-state index contributed by atoms with van der Waals surface area (Å²) in [5.41, 5.74) is -0.902. The van der Waals surface area contributed by atoms with Gasteiger partial charge in [-0.15, -0.1) is 0 Å². The van der Waals surface area contributed by atoms with Gasteiger partial charge in [0, 0.05) is 11.4 Å². The SMILES string of the molecule is O=C(Nc1ccc(NC(=O)[C@@](F)(Cl)C(F)(F)F)cc1)[C@](F)(Cl)C(F)(F)F. The first kappa shape index (κ1) is 22.2. The van der Waals surface area contributed by atoms with Crippen molar-refractivity contribution in [2.24, 2.45) is 0 Å². The van der Waals surface area contributed by atoms with Gasteiger partial charge in [-0.3, -0.25) is 9.59 Å². The van der Waals surface area contributed by atoms with Crippen molar-refractivity contribution in [1.29, 1.82) is 0 Å². The average molecular weight is 433 g/mol. The number of anilines is 2. The van der Waals surface area contributed by atoms with Gasteiger partial charge in [-0.2, -0.15) is 26.3 Å². The van der Waals surface area contributed by atoms with E-state index in [9.17, 15) is 44.7 Å². The molecule has 2 N–H and O–H groups in total. The molecule has 2 atom stereocenters. The van der Waals surface area contributed by atoms with Crippen LogP contribution < -0.4 is 10.6 Å². The summed E-state index contributed by atoms with van der Waals surface area (Å²) in [7, 11) is 0. The van der Waals surface area contributed by atoms with Crippen LogP contribution >= 0.6 is 23.2 Å². The predicted molar refractivity (Wildman–Crippen MR) is 75.2 cm³/mol. The fourth-order valence-corrected chi connectivity index (χ4v) is 1.41. The largest absolute Gasteiger partial charge is 0.446 e. The monoisotopic (exact) mass is 432 g/mol. The molecule has 0 heterocycles. The van der Waals surface area contributed by atoms with Gasteiger partial charge in [0.2, 0.25) is 0 Å². The van der Waals surface area contributed by atoms with Crippen LogP contribution in [-0.4, -0.2) is 34.4 Å². The van der Waals surface area contributed by atoms with Gasteiger partial charge in [-0.25, -0.2) is 8.78 Å². The van der Waals surface area contributed by atoms with E-state index in [2.05, 4.69) is 23.2 Å².